The van der Waals surface area contributed by atoms with Gasteiger partial charge in [-0.2, -0.15) is 5.21 Å². The van der Waals surface area contributed by atoms with E-state index >= 15 is 0 Å². The van der Waals surface area contributed by atoms with Gasteiger partial charge in [0.15, 0.2) is 5.82 Å². The average Bonchev–Trinajstić information content (AvgIpc) is 2.82. The van der Waals surface area contributed by atoms with E-state index in [0.29, 0.717) is 24.5 Å². The second-order valence-corrected chi connectivity index (χ2v) is 3.50. The highest BCUT2D eigenvalue weighted by Crippen LogP contribution is 2.04. The van der Waals surface area contributed by atoms with E-state index in [9.17, 15) is 4.79 Å². The minimum absolute atomic E-state index is 0.426. The summed E-state index contributed by atoms with van der Waals surface area (Å²) in [5, 5.41) is 16.6. The Labute approximate surface area is 97.4 Å². The Bertz CT molecular complexity index is 495. The van der Waals surface area contributed by atoms with Gasteiger partial charge in [-0.1, -0.05) is 17.3 Å². The zero-order chi connectivity index (χ0) is 12.1. The van der Waals surface area contributed by atoms with E-state index in [0.717, 1.165) is 5.56 Å². The number of hydrogen-bond acceptors (Lipinski definition) is 5. The highest BCUT2D eigenvalue weighted by molar-refractivity contribution is 5.92. The first-order valence-corrected chi connectivity index (χ1v) is 5.07. The SMILES string of the molecule is NC(=O)c1cccc(CNCc2nn[nH]n2)c1. The Morgan fingerprint density at radius 1 is 1.41 bits per heavy atom. The van der Waals surface area contributed by atoms with E-state index in [1.807, 2.05) is 6.07 Å². The summed E-state index contributed by atoms with van der Waals surface area (Å²) in [5.74, 6) is 0.168. The first kappa shape index (κ1) is 11.2. The molecule has 2 rings (SSSR count). The number of benzene rings is 1. The molecule has 1 heterocycles. The van der Waals surface area contributed by atoms with Crippen LogP contribution in [0.3, 0.4) is 0 Å². The monoisotopic (exact) mass is 232 g/mol. The molecule has 1 amide bonds. The zero-order valence-corrected chi connectivity index (χ0v) is 9.05. The molecule has 0 aliphatic heterocycles. The predicted molar refractivity (Wildman–Crippen MR) is 59.7 cm³/mol. The van der Waals surface area contributed by atoms with E-state index in [-0.39, 0.29) is 0 Å². The summed E-state index contributed by atoms with van der Waals surface area (Å²) >= 11 is 0. The molecular weight excluding hydrogens is 220 g/mol. The third kappa shape index (κ3) is 3.08. The topological polar surface area (TPSA) is 110 Å². The number of aromatic amines is 1. The first-order valence-electron chi connectivity index (χ1n) is 5.07. The Morgan fingerprint density at radius 2 is 2.29 bits per heavy atom. The summed E-state index contributed by atoms with van der Waals surface area (Å²) in [6, 6.07) is 7.15. The van der Waals surface area contributed by atoms with Gasteiger partial charge in [-0.05, 0) is 17.7 Å². The molecule has 0 spiro atoms. The van der Waals surface area contributed by atoms with Crippen LogP contribution < -0.4 is 11.1 Å². The van der Waals surface area contributed by atoms with Crippen molar-refractivity contribution >= 4 is 5.91 Å². The zero-order valence-electron chi connectivity index (χ0n) is 9.05. The summed E-state index contributed by atoms with van der Waals surface area (Å²) in [6.45, 7) is 1.12. The molecule has 88 valence electrons. The number of aromatic nitrogens is 4. The minimum atomic E-state index is -0.426. The molecule has 2 aromatic rings. The molecule has 1 aromatic heterocycles. The third-order valence-corrected chi connectivity index (χ3v) is 2.21. The van der Waals surface area contributed by atoms with Crippen molar-refractivity contribution in [2.45, 2.75) is 13.1 Å². The first-order chi connectivity index (χ1) is 8.25. The van der Waals surface area contributed by atoms with Crippen LogP contribution in [0.1, 0.15) is 21.7 Å². The van der Waals surface area contributed by atoms with Gasteiger partial charge in [-0.25, -0.2) is 0 Å². The lowest BCUT2D eigenvalue weighted by atomic mass is 10.1. The maximum atomic E-state index is 11.0. The third-order valence-electron chi connectivity index (χ3n) is 2.21. The number of tetrazole rings is 1. The molecule has 0 radical (unpaired) electrons. The van der Waals surface area contributed by atoms with Crippen molar-refractivity contribution in [3.63, 3.8) is 0 Å². The van der Waals surface area contributed by atoms with Crippen molar-refractivity contribution in [2.75, 3.05) is 0 Å². The fraction of sp³-hybridized carbons (Fsp3) is 0.200. The number of carbonyl (C=O) groups is 1. The number of nitrogens with two attached hydrogens (primary N) is 1. The lowest BCUT2D eigenvalue weighted by Crippen LogP contribution is -2.15. The van der Waals surface area contributed by atoms with Gasteiger partial charge in [0.25, 0.3) is 0 Å². The second-order valence-electron chi connectivity index (χ2n) is 3.50. The molecule has 17 heavy (non-hydrogen) atoms. The summed E-state index contributed by atoms with van der Waals surface area (Å²) in [7, 11) is 0. The largest absolute Gasteiger partial charge is 0.366 e. The van der Waals surface area contributed by atoms with Crippen LogP contribution in [-0.2, 0) is 13.1 Å². The molecule has 0 saturated heterocycles. The van der Waals surface area contributed by atoms with Crippen molar-refractivity contribution in [3.8, 4) is 0 Å². The van der Waals surface area contributed by atoms with Gasteiger partial charge in [0.05, 0.1) is 6.54 Å². The van der Waals surface area contributed by atoms with Gasteiger partial charge < -0.3 is 11.1 Å². The molecule has 7 nitrogen and oxygen atoms in total. The van der Waals surface area contributed by atoms with Crippen LogP contribution in [0.15, 0.2) is 24.3 Å². The maximum Gasteiger partial charge on any atom is 0.248 e. The number of carbonyl (C=O) groups excluding carboxylic acids is 1. The molecule has 0 saturated carbocycles. The Balaban J connectivity index is 1.90. The van der Waals surface area contributed by atoms with E-state index in [1.54, 1.807) is 18.2 Å². The normalized spacial score (nSPS) is 10.4. The number of hydrogen-bond donors (Lipinski definition) is 3. The highest BCUT2D eigenvalue weighted by Gasteiger charge is 2.02. The number of primary amides is 1. The fourth-order valence-corrected chi connectivity index (χ4v) is 1.41. The van der Waals surface area contributed by atoms with Crippen molar-refractivity contribution in [1.82, 2.24) is 25.9 Å². The summed E-state index contributed by atoms with van der Waals surface area (Å²) in [4.78, 5) is 11.0. The van der Waals surface area contributed by atoms with Crippen molar-refractivity contribution in [2.24, 2.45) is 5.73 Å². The van der Waals surface area contributed by atoms with Crippen molar-refractivity contribution in [3.05, 3.63) is 41.2 Å². The molecular formula is C10H12N6O. The summed E-state index contributed by atoms with van der Waals surface area (Å²) in [5.41, 5.74) is 6.68. The molecule has 0 atom stereocenters. The van der Waals surface area contributed by atoms with E-state index in [1.165, 1.54) is 0 Å². The molecule has 0 aliphatic carbocycles. The van der Waals surface area contributed by atoms with Crippen LogP contribution in [0.4, 0.5) is 0 Å². The molecule has 0 unspecified atom stereocenters. The van der Waals surface area contributed by atoms with Crippen LogP contribution in [-0.4, -0.2) is 26.5 Å². The molecule has 0 fully saturated rings. The Morgan fingerprint density at radius 3 is 3.00 bits per heavy atom. The number of H-pyrrole nitrogens is 1. The van der Waals surface area contributed by atoms with Gasteiger partial charge in [0.1, 0.15) is 0 Å². The van der Waals surface area contributed by atoms with Crippen molar-refractivity contribution < 1.29 is 4.79 Å². The average molecular weight is 232 g/mol. The van der Waals surface area contributed by atoms with Crippen molar-refractivity contribution in [1.29, 1.82) is 0 Å². The molecule has 7 heteroatoms. The smallest absolute Gasteiger partial charge is 0.248 e. The number of rotatable bonds is 5. The van der Waals surface area contributed by atoms with Gasteiger partial charge in [0.2, 0.25) is 5.91 Å². The van der Waals surface area contributed by atoms with Crippen LogP contribution in [0.2, 0.25) is 0 Å². The molecule has 0 bridgehead atoms. The summed E-state index contributed by atoms with van der Waals surface area (Å²) in [6.07, 6.45) is 0. The highest BCUT2D eigenvalue weighted by atomic mass is 16.1. The second kappa shape index (κ2) is 5.17. The maximum absolute atomic E-state index is 11.0. The fourth-order valence-electron chi connectivity index (χ4n) is 1.41. The van der Waals surface area contributed by atoms with Crippen LogP contribution >= 0.6 is 0 Å². The lowest BCUT2D eigenvalue weighted by molar-refractivity contribution is 0.1000. The lowest BCUT2D eigenvalue weighted by Gasteiger charge is -2.03. The number of nitrogens with one attached hydrogen (secondary N) is 2. The van der Waals surface area contributed by atoms with Crippen LogP contribution in [0.25, 0.3) is 0 Å². The summed E-state index contributed by atoms with van der Waals surface area (Å²) < 4.78 is 0. The number of nitrogens with zero attached hydrogens (tertiary/aromatic N) is 3. The van der Waals surface area contributed by atoms with E-state index in [4.69, 9.17) is 5.73 Å². The minimum Gasteiger partial charge on any atom is -0.366 e. The van der Waals surface area contributed by atoms with Gasteiger partial charge >= 0.3 is 0 Å². The van der Waals surface area contributed by atoms with E-state index < -0.39 is 5.91 Å². The van der Waals surface area contributed by atoms with Gasteiger partial charge in [-0.15, -0.1) is 10.2 Å². The number of amides is 1. The standard InChI is InChI=1S/C10H12N6O/c11-10(17)8-3-1-2-7(4-8)5-12-6-9-13-15-16-14-9/h1-4,12H,5-6H2,(H2,11,17)(H,13,14,15,16). The molecule has 0 aliphatic rings. The van der Waals surface area contributed by atoms with Gasteiger partial charge in [-0.3, -0.25) is 4.79 Å². The van der Waals surface area contributed by atoms with Crippen LogP contribution in [0.5, 0.6) is 0 Å². The quantitative estimate of drug-likeness (QED) is 0.649. The van der Waals surface area contributed by atoms with Gasteiger partial charge in [0, 0.05) is 12.1 Å². The van der Waals surface area contributed by atoms with E-state index in [2.05, 4.69) is 25.9 Å². The Hall–Kier alpha value is -2.28. The molecule has 4 N–H and O–H groups in total. The van der Waals surface area contributed by atoms with Crippen LogP contribution in [0, 0.1) is 0 Å². The Kier molecular flexibility index (Phi) is 3.41. The molecule has 1 aromatic carbocycles. The predicted octanol–water partition coefficient (Wildman–Crippen LogP) is -0.412.